The molecule has 0 unspecified atom stereocenters. The Hall–Kier alpha value is -1.13. The average molecular weight is 273 g/mol. The third-order valence-electron chi connectivity index (χ3n) is 2.37. The molecule has 1 aromatic rings. The van der Waals surface area contributed by atoms with Gasteiger partial charge in [0.1, 0.15) is 5.82 Å². The Kier molecular flexibility index (Phi) is 5.11. The van der Waals surface area contributed by atoms with E-state index in [4.69, 9.17) is 17.3 Å². The van der Waals surface area contributed by atoms with E-state index in [0.29, 0.717) is 23.6 Å². The van der Waals surface area contributed by atoms with Gasteiger partial charge in [0.2, 0.25) is 5.91 Å². The van der Waals surface area contributed by atoms with Crippen molar-refractivity contribution in [3.63, 3.8) is 0 Å². The lowest BCUT2D eigenvalue weighted by atomic mass is 10.1. The highest BCUT2D eigenvalue weighted by Gasteiger charge is 2.12. The number of aryl methyl sites for hydroxylation is 1. The number of rotatable bonds is 5. The minimum Gasteiger partial charge on any atom is -0.354 e. The summed E-state index contributed by atoms with van der Waals surface area (Å²) >= 11 is 5.91. The van der Waals surface area contributed by atoms with Crippen LogP contribution in [0.3, 0.4) is 0 Å². The van der Waals surface area contributed by atoms with Gasteiger partial charge in [0.05, 0.1) is 0 Å². The van der Waals surface area contributed by atoms with Gasteiger partial charge in [-0.1, -0.05) is 11.6 Å². The molecule has 1 rings (SSSR count). The summed E-state index contributed by atoms with van der Waals surface area (Å²) in [7, 11) is 0. The van der Waals surface area contributed by atoms with Gasteiger partial charge in [-0.25, -0.2) is 4.39 Å². The lowest BCUT2D eigenvalue weighted by Gasteiger charge is -2.18. The Bertz CT molecular complexity index is 429. The van der Waals surface area contributed by atoms with E-state index in [2.05, 4.69) is 5.32 Å². The van der Waals surface area contributed by atoms with Crippen molar-refractivity contribution < 1.29 is 9.18 Å². The molecule has 0 aliphatic heterocycles. The zero-order chi connectivity index (χ0) is 13.8. The molecule has 0 heterocycles. The molecule has 18 heavy (non-hydrogen) atoms. The number of nitrogens with one attached hydrogen (secondary N) is 1. The Labute approximate surface area is 112 Å². The van der Waals surface area contributed by atoms with Crippen LogP contribution in [-0.4, -0.2) is 18.0 Å². The van der Waals surface area contributed by atoms with E-state index in [1.807, 2.05) is 13.8 Å². The van der Waals surface area contributed by atoms with Crippen LogP contribution in [0.1, 0.15) is 25.8 Å². The predicted molar refractivity (Wildman–Crippen MR) is 71.0 cm³/mol. The molecule has 0 fully saturated rings. The first kappa shape index (κ1) is 14.9. The highest BCUT2D eigenvalue weighted by molar-refractivity contribution is 6.31. The summed E-state index contributed by atoms with van der Waals surface area (Å²) in [5.41, 5.74) is 5.95. The smallest absolute Gasteiger partial charge is 0.220 e. The van der Waals surface area contributed by atoms with Crippen molar-refractivity contribution in [1.82, 2.24) is 5.32 Å². The molecule has 0 aliphatic rings. The van der Waals surface area contributed by atoms with Crippen LogP contribution < -0.4 is 11.1 Å². The molecule has 0 aromatic heterocycles. The van der Waals surface area contributed by atoms with Gasteiger partial charge in [0, 0.05) is 23.5 Å². The molecule has 0 bridgehead atoms. The molecule has 3 nitrogen and oxygen atoms in total. The largest absolute Gasteiger partial charge is 0.354 e. The molecule has 0 saturated heterocycles. The fourth-order valence-electron chi connectivity index (χ4n) is 1.40. The Morgan fingerprint density at radius 2 is 2.17 bits per heavy atom. The molecule has 1 aromatic carbocycles. The summed E-state index contributed by atoms with van der Waals surface area (Å²) in [5.74, 6) is -0.466. The first-order chi connectivity index (χ1) is 8.28. The number of amides is 1. The Morgan fingerprint density at radius 3 is 2.78 bits per heavy atom. The van der Waals surface area contributed by atoms with Gasteiger partial charge in [-0.3, -0.25) is 4.79 Å². The fourth-order valence-corrected chi connectivity index (χ4v) is 1.61. The number of nitrogens with two attached hydrogens (primary N) is 1. The zero-order valence-electron chi connectivity index (χ0n) is 10.6. The number of benzene rings is 1. The highest BCUT2D eigenvalue weighted by Crippen LogP contribution is 2.18. The van der Waals surface area contributed by atoms with E-state index in [1.165, 1.54) is 18.2 Å². The normalized spacial score (nSPS) is 11.4. The SMILES string of the molecule is CC(C)(N)CNC(=O)CCc1cc(F)ccc1Cl. The van der Waals surface area contributed by atoms with Crippen molar-refractivity contribution in [3.8, 4) is 0 Å². The highest BCUT2D eigenvalue weighted by atomic mass is 35.5. The number of carbonyl (C=O) groups excluding carboxylic acids is 1. The van der Waals surface area contributed by atoms with E-state index >= 15 is 0 Å². The predicted octanol–water partition coefficient (Wildman–Crippen LogP) is 2.27. The van der Waals surface area contributed by atoms with Gasteiger partial charge in [0.25, 0.3) is 0 Å². The van der Waals surface area contributed by atoms with E-state index in [-0.39, 0.29) is 18.1 Å². The number of halogens is 2. The standard InChI is InChI=1S/C13H18ClFN2O/c1-13(2,16)8-17-12(18)6-3-9-7-10(15)4-5-11(9)14/h4-5,7H,3,6,8,16H2,1-2H3,(H,17,18). The maximum Gasteiger partial charge on any atom is 0.220 e. The van der Waals surface area contributed by atoms with Crippen LogP contribution in [-0.2, 0) is 11.2 Å². The van der Waals surface area contributed by atoms with Gasteiger partial charge < -0.3 is 11.1 Å². The van der Waals surface area contributed by atoms with E-state index < -0.39 is 5.54 Å². The van der Waals surface area contributed by atoms with Crippen LogP contribution >= 0.6 is 11.6 Å². The maximum atomic E-state index is 13.0. The van der Waals surface area contributed by atoms with Crippen LogP contribution in [0.4, 0.5) is 4.39 Å². The van der Waals surface area contributed by atoms with Crippen LogP contribution in [0.5, 0.6) is 0 Å². The molecule has 0 radical (unpaired) electrons. The number of carbonyl (C=O) groups is 1. The summed E-state index contributed by atoms with van der Waals surface area (Å²) in [5, 5.41) is 3.20. The average Bonchev–Trinajstić information content (AvgIpc) is 2.26. The van der Waals surface area contributed by atoms with Crippen molar-refractivity contribution in [2.75, 3.05) is 6.54 Å². The van der Waals surface area contributed by atoms with Crippen molar-refractivity contribution >= 4 is 17.5 Å². The quantitative estimate of drug-likeness (QED) is 0.864. The van der Waals surface area contributed by atoms with Crippen molar-refractivity contribution in [2.24, 2.45) is 5.73 Å². The lowest BCUT2D eigenvalue weighted by Crippen LogP contribution is -2.45. The molecule has 0 saturated carbocycles. The fraction of sp³-hybridized carbons (Fsp3) is 0.462. The Balaban J connectivity index is 2.45. The van der Waals surface area contributed by atoms with E-state index in [9.17, 15) is 9.18 Å². The van der Waals surface area contributed by atoms with Crippen molar-refractivity contribution in [3.05, 3.63) is 34.6 Å². The third kappa shape index (κ3) is 5.47. The third-order valence-corrected chi connectivity index (χ3v) is 2.74. The number of hydrogen-bond donors (Lipinski definition) is 2. The Morgan fingerprint density at radius 1 is 1.50 bits per heavy atom. The molecule has 1 amide bonds. The molecule has 100 valence electrons. The second kappa shape index (κ2) is 6.16. The minimum absolute atomic E-state index is 0.117. The molecule has 0 spiro atoms. The van der Waals surface area contributed by atoms with Gasteiger partial charge >= 0.3 is 0 Å². The number of hydrogen-bond acceptors (Lipinski definition) is 2. The molecule has 3 N–H and O–H groups in total. The van der Waals surface area contributed by atoms with Crippen LogP contribution in [0.15, 0.2) is 18.2 Å². The summed E-state index contributed by atoms with van der Waals surface area (Å²) in [4.78, 5) is 11.6. The summed E-state index contributed by atoms with van der Waals surface area (Å²) in [6, 6.07) is 4.14. The second-order valence-electron chi connectivity index (χ2n) is 5.00. The van der Waals surface area contributed by atoms with E-state index in [1.54, 1.807) is 0 Å². The monoisotopic (exact) mass is 272 g/mol. The first-order valence-corrected chi connectivity index (χ1v) is 6.15. The van der Waals surface area contributed by atoms with Gasteiger partial charge in [-0.05, 0) is 44.0 Å². The lowest BCUT2D eigenvalue weighted by molar-refractivity contribution is -0.121. The molecule has 0 atom stereocenters. The summed E-state index contributed by atoms with van der Waals surface area (Å²) in [6.45, 7) is 4.07. The van der Waals surface area contributed by atoms with Crippen LogP contribution in [0, 0.1) is 5.82 Å². The minimum atomic E-state index is -0.438. The first-order valence-electron chi connectivity index (χ1n) is 5.77. The van der Waals surface area contributed by atoms with E-state index in [0.717, 1.165) is 0 Å². The molecule has 0 aliphatic carbocycles. The van der Waals surface area contributed by atoms with Gasteiger partial charge in [-0.2, -0.15) is 0 Å². The second-order valence-corrected chi connectivity index (χ2v) is 5.41. The topological polar surface area (TPSA) is 55.1 Å². The summed E-state index contributed by atoms with van der Waals surface area (Å²) in [6.07, 6.45) is 0.673. The van der Waals surface area contributed by atoms with Crippen molar-refractivity contribution in [1.29, 1.82) is 0 Å². The van der Waals surface area contributed by atoms with Gasteiger partial charge in [0.15, 0.2) is 0 Å². The zero-order valence-corrected chi connectivity index (χ0v) is 11.4. The van der Waals surface area contributed by atoms with Crippen LogP contribution in [0.25, 0.3) is 0 Å². The van der Waals surface area contributed by atoms with Crippen molar-refractivity contribution in [2.45, 2.75) is 32.2 Å². The maximum absolute atomic E-state index is 13.0. The molecular formula is C13H18ClFN2O. The van der Waals surface area contributed by atoms with Gasteiger partial charge in [-0.15, -0.1) is 0 Å². The summed E-state index contributed by atoms with van der Waals surface area (Å²) < 4.78 is 13.0. The molecular weight excluding hydrogens is 255 g/mol. The molecule has 5 heteroatoms. The van der Waals surface area contributed by atoms with Crippen LogP contribution in [0.2, 0.25) is 5.02 Å².